The van der Waals surface area contributed by atoms with E-state index in [9.17, 15) is 0 Å². The van der Waals surface area contributed by atoms with Crippen molar-refractivity contribution in [1.82, 2.24) is 0 Å². The van der Waals surface area contributed by atoms with Gasteiger partial charge in [0.25, 0.3) is 0 Å². The monoisotopic (exact) mass is 124 g/mol. The highest BCUT2D eigenvalue weighted by Gasteiger charge is 2.03. The second-order valence-corrected chi connectivity index (χ2v) is 1.86. The smallest absolute Gasteiger partial charge is 0.168 e. The van der Waals surface area contributed by atoms with Gasteiger partial charge >= 0.3 is 0 Å². The maximum absolute atomic E-state index is 8.20. The molecule has 2 nitrogen and oxygen atoms in total. The highest BCUT2D eigenvalue weighted by Crippen LogP contribution is 2.16. The molecule has 0 unspecified atom stereocenters. The fourth-order valence-electron chi connectivity index (χ4n) is 0.679. The lowest BCUT2D eigenvalue weighted by molar-refractivity contribution is -0.199. The predicted molar refractivity (Wildman–Crippen MR) is 34.7 cm³/mol. The average Bonchev–Trinajstić information content (AvgIpc) is 1.89. The molecule has 1 N–H and O–H groups in total. The van der Waals surface area contributed by atoms with E-state index in [-0.39, 0.29) is 0 Å². The SMILES string of the molecule is C=C1CC=CC=C1OO. The Morgan fingerprint density at radius 3 is 2.89 bits per heavy atom. The minimum Gasteiger partial charge on any atom is -0.340 e. The van der Waals surface area contributed by atoms with Crippen molar-refractivity contribution in [2.45, 2.75) is 6.42 Å². The first kappa shape index (κ1) is 6.11. The molecule has 0 aromatic heterocycles. The molecule has 48 valence electrons. The van der Waals surface area contributed by atoms with E-state index in [0.717, 1.165) is 12.0 Å². The summed E-state index contributed by atoms with van der Waals surface area (Å²) in [4.78, 5) is 4.01. The van der Waals surface area contributed by atoms with Gasteiger partial charge in [0.1, 0.15) is 0 Å². The maximum atomic E-state index is 8.20. The molecule has 0 saturated heterocycles. The zero-order valence-electron chi connectivity index (χ0n) is 5.00. The summed E-state index contributed by atoms with van der Waals surface area (Å²) in [5, 5.41) is 8.20. The van der Waals surface area contributed by atoms with Crippen LogP contribution >= 0.6 is 0 Å². The number of hydrogen-bond donors (Lipinski definition) is 1. The van der Waals surface area contributed by atoms with Crippen molar-refractivity contribution >= 4 is 0 Å². The topological polar surface area (TPSA) is 29.5 Å². The maximum Gasteiger partial charge on any atom is 0.168 e. The molecule has 0 bridgehead atoms. The summed E-state index contributed by atoms with van der Waals surface area (Å²) in [5.41, 5.74) is 0.806. The molecule has 0 aromatic rings. The molecular weight excluding hydrogens is 116 g/mol. The van der Waals surface area contributed by atoms with Crippen molar-refractivity contribution in [2.24, 2.45) is 0 Å². The predicted octanol–water partition coefficient (Wildman–Crippen LogP) is 1.88. The summed E-state index contributed by atoms with van der Waals surface area (Å²) in [6.45, 7) is 3.66. The largest absolute Gasteiger partial charge is 0.340 e. The van der Waals surface area contributed by atoms with Gasteiger partial charge in [0, 0.05) is 0 Å². The minimum absolute atomic E-state index is 0.456. The van der Waals surface area contributed by atoms with Crippen molar-refractivity contribution in [2.75, 3.05) is 0 Å². The molecule has 0 fully saturated rings. The van der Waals surface area contributed by atoms with Gasteiger partial charge in [0.05, 0.1) is 0 Å². The lowest BCUT2D eigenvalue weighted by atomic mass is 10.1. The van der Waals surface area contributed by atoms with Crippen LogP contribution in [0.1, 0.15) is 6.42 Å². The summed E-state index contributed by atoms with van der Waals surface area (Å²) in [7, 11) is 0. The zero-order chi connectivity index (χ0) is 6.69. The third kappa shape index (κ3) is 1.21. The summed E-state index contributed by atoms with van der Waals surface area (Å²) in [5.74, 6) is 0.456. The van der Waals surface area contributed by atoms with Crippen LogP contribution in [-0.2, 0) is 4.89 Å². The van der Waals surface area contributed by atoms with E-state index < -0.39 is 0 Å². The van der Waals surface area contributed by atoms with Gasteiger partial charge in [-0.25, -0.2) is 5.26 Å². The molecule has 1 aliphatic carbocycles. The van der Waals surface area contributed by atoms with Gasteiger partial charge in [-0.2, -0.15) is 0 Å². The fraction of sp³-hybridized carbons (Fsp3) is 0.143. The number of hydrogen-bond acceptors (Lipinski definition) is 2. The van der Waals surface area contributed by atoms with Crippen LogP contribution in [0, 0.1) is 0 Å². The van der Waals surface area contributed by atoms with E-state index in [2.05, 4.69) is 11.5 Å². The molecule has 0 amide bonds. The average molecular weight is 124 g/mol. The van der Waals surface area contributed by atoms with Gasteiger partial charge in [-0.1, -0.05) is 18.7 Å². The van der Waals surface area contributed by atoms with Gasteiger partial charge in [0.2, 0.25) is 0 Å². The summed E-state index contributed by atoms with van der Waals surface area (Å²) in [6.07, 6.45) is 6.20. The van der Waals surface area contributed by atoms with E-state index in [1.54, 1.807) is 6.08 Å². The summed E-state index contributed by atoms with van der Waals surface area (Å²) >= 11 is 0. The zero-order valence-corrected chi connectivity index (χ0v) is 5.00. The molecular formula is C7H8O2. The third-order valence-electron chi connectivity index (χ3n) is 1.19. The Kier molecular flexibility index (Phi) is 1.70. The van der Waals surface area contributed by atoms with Crippen LogP contribution in [0.25, 0.3) is 0 Å². The second-order valence-electron chi connectivity index (χ2n) is 1.86. The van der Waals surface area contributed by atoms with E-state index in [1.165, 1.54) is 0 Å². The van der Waals surface area contributed by atoms with Crippen LogP contribution in [0.4, 0.5) is 0 Å². The lowest BCUT2D eigenvalue weighted by Gasteiger charge is -2.06. The van der Waals surface area contributed by atoms with Crippen molar-refractivity contribution in [3.05, 3.63) is 36.1 Å². The van der Waals surface area contributed by atoms with Crippen molar-refractivity contribution in [3.8, 4) is 0 Å². The standard InChI is InChI=1S/C7H8O2/c1-6-4-2-3-5-7(6)9-8/h2-3,5,8H,1,4H2. The van der Waals surface area contributed by atoms with Crippen LogP contribution in [0.2, 0.25) is 0 Å². The first-order valence-electron chi connectivity index (χ1n) is 2.71. The van der Waals surface area contributed by atoms with Crippen LogP contribution < -0.4 is 0 Å². The molecule has 0 aliphatic heterocycles. The number of allylic oxidation sites excluding steroid dienone is 4. The Labute approximate surface area is 53.7 Å². The quantitative estimate of drug-likeness (QED) is 0.427. The molecule has 0 spiro atoms. The van der Waals surface area contributed by atoms with E-state index in [0.29, 0.717) is 5.76 Å². The van der Waals surface area contributed by atoms with E-state index in [4.69, 9.17) is 5.26 Å². The second kappa shape index (κ2) is 2.51. The van der Waals surface area contributed by atoms with Gasteiger partial charge in [-0.15, -0.1) is 0 Å². The third-order valence-corrected chi connectivity index (χ3v) is 1.19. The fourth-order valence-corrected chi connectivity index (χ4v) is 0.679. The minimum atomic E-state index is 0.456. The van der Waals surface area contributed by atoms with Gasteiger partial charge in [0.15, 0.2) is 5.76 Å². The molecule has 0 saturated carbocycles. The van der Waals surface area contributed by atoms with Gasteiger partial charge < -0.3 is 4.89 Å². The highest BCUT2D eigenvalue weighted by atomic mass is 17.1. The molecule has 0 radical (unpaired) electrons. The Balaban J connectivity index is 2.74. The Bertz CT molecular complexity index is 177. The molecule has 9 heavy (non-hydrogen) atoms. The highest BCUT2D eigenvalue weighted by molar-refractivity contribution is 5.32. The molecule has 1 rings (SSSR count). The van der Waals surface area contributed by atoms with Crippen molar-refractivity contribution in [1.29, 1.82) is 0 Å². The van der Waals surface area contributed by atoms with Crippen LogP contribution in [0.5, 0.6) is 0 Å². The molecule has 0 atom stereocenters. The normalized spacial score (nSPS) is 17.4. The van der Waals surface area contributed by atoms with Crippen LogP contribution in [0.15, 0.2) is 36.1 Å². The van der Waals surface area contributed by atoms with Crippen LogP contribution in [-0.4, -0.2) is 5.26 Å². The molecule has 1 aliphatic rings. The van der Waals surface area contributed by atoms with E-state index >= 15 is 0 Å². The lowest BCUT2D eigenvalue weighted by Crippen LogP contribution is -1.92. The van der Waals surface area contributed by atoms with Crippen LogP contribution in [0.3, 0.4) is 0 Å². The van der Waals surface area contributed by atoms with Crippen molar-refractivity contribution in [3.63, 3.8) is 0 Å². The number of rotatable bonds is 1. The summed E-state index contributed by atoms with van der Waals surface area (Å²) < 4.78 is 0. The summed E-state index contributed by atoms with van der Waals surface area (Å²) in [6, 6.07) is 0. The first-order valence-corrected chi connectivity index (χ1v) is 2.71. The Morgan fingerprint density at radius 1 is 1.67 bits per heavy atom. The molecule has 2 heteroatoms. The van der Waals surface area contributed by atoms with Crippen molar-refractivity contribution < 1.29 is 10.1 Å². The molecule has 0 heterocycles. The van der Waals surface area contributed by atoms with Gasteiger partial charge in [-0.3, -0.25) is 0 Å². The first-order chi connectivity index (χ1) is 4.34. The van der Waals surface area contributed by atoms with Gasteiger partial charge in [-0.05, 0) is 18.1 Å². The Hall–Kier alpha value is -1.02. The Morgan fingerprint density at radius 2 is 2.44 bits per heavy atom. The van der Waals surface area contributed by atoms with E-state index in [1.807, 2.05) is 12.2 Å². The molecule has 0 aromatic carbocycles.